The lowest BCUT2D eigenvalue weighted by molar-refractivity contribution is -0.128. The maximum atomic E-state index is 10.8. The van der Waals surface area contributed by atoms with Crippen molar-refractivity contribution in [2.24, 2.45) is 0 Å². The number of rotatable bonds is 4. The Bertz CT molecular complexity index is 109. The first-order valence-electron chi connectivity index (χ1n) is 3.31. The van der Waals surface area contributed by atoms with Crippen LogP contribution in [0.4, 0.5) is 0 Å². The minimum Gasteiger partial charge on any atom is -0.386 e. The summed E-state index contributed by atoms with van der Waals surface area (Å²) in [5, 5.41) is 8.76. The molecular formula is C7H14O3. The summed E-state index contributed by atoms with van der Waals surface area (Å²) in [7, 11) is 1.54. The van der Waals surface area contributed by atoms with E-state index >= 15 is 0 Å². The van der Waals surface area contributed by atoms with E-state index in [4.69, 9.17) is 9.84 Å². The van der Waals surface area contributed by atoms with Crippen LogP contribution in [-0.2, 0) is 9.53 Å². The SMILES string of the molecule is CO[C@@H](C)CC(=O)[C@H](C)O. The van der Waals surface area contributed by atoms with Gasteiger partial charge < -0.3 is 9.84 Å². The number of ether oxygens (including phenoxy) is 1. The van der Waals surface area contributed by atoms with E-state index < -0.39 is 6.10 Å². The molecule has 0 bridgehead atoms. The van der Waals surface area contributed by atoms with Crippen molar-refractivity contribution >= 4 is 5.78 Å². The Hall–Kier alpha value is -0.410. The summed E-state index contributed by atoms with van der Waals surface area (Å²) >= 11 is 0. The van der Waals surface area contributed by atoms with Crippen LogP contribution in [-0.4, -0.2) is 30.2 Å². The van der Waals surface area contributed by atoms with Gasteiger partial charge >= 0.3 is 0 Å². The Morgan fingerprint density at radius 2 is 2.10 bits per heavy atom. The van der Waals surface area contributed by atoms with Gasteiger partial charge in [0, 0.05) is 13.5 Å². The van der Waals surface area contributed by atoms with E-state index in [1.54, 1.807) is 14.0 Å². The molecule has 3 nitrogen and oxygen atoms in total. The van der Waals surface area contributed by atoms with Gasteiger partial charge in [0.2, 0.25) is 0 Å². The number of ketones is 1. The number of carbonyl (C=O) groups excluding carboxylic acids is 1. The first-order chi connectivity index (χ1) is 4.57. The fraction of sp³-hybridized carbons (Fsp3) is 0.857. The van der Waals surface area contributed by atoms with Crippen molar-refractivity contribution in [3.8, 4) is 0 Å². The van der Waals surface area contributed by atoms with Crippen molar-refractivity contribution in [1.82, 2.24) is 0 Å². The first-order valence-corrected chi connectivity index (χ1v) is 3.31. The average molecular weight is 146 g/mol. The quantitative estimate of drug-likeness (QED) is 0.623. The summed E-state index contributed by atoms with van der Waals surface area (Å²) in [6, 6.07) is 0. The molecule has 10 heavy (non-hydrogen) atoms. The first kappa shape index (κ1) is 9.59. The van der Waals surface area contributed by atoms with Crippen LogP contribution in [0.2, 0.25) is 0 Å². The van der Waals surface area contributed by atoms with E-state index in [9.17, 15) is 4.79 Å². The third kappa shape index (κ3) is 3.58. The molecule has 0 fully saturated rings. The molecule has 0 rings (SSSR count). The number of Topliss-reactive ketones (excluding diaryl/α,β-unsaturated/α-hetero) is 1. The zero-order valence-electron chi connectivity index (χ0n) is 6.63. The predicted molar refractivity (Wildman–Crippen MR) is 37.8 cm³/mol. The van der Waals surface area contributed by atoms with Crippen LogP contribution in [0.25, 0.3) is 0 Å². The number of aliphatic hydroxyl groups excluding tert-OH is 1. The third-order valence-electron chi connectivity index (χ3n) is 1.36. The molecule has 0 aromatic carbocycles. The fourth-order valence-corrected chi connectivity index (χ4v) is 0.537. The minimum absolute atomic E-state index is 0.0953. The lowest BCUT2D eigenvalue weighted by Crippen LogP contribution is -2.21. The molecule has 0 amide bonds. The molecule has 0 spiro atoms. The van der Waals surface area contributed by atoms with Gasteiger partial charge in [-0.05, 0) is 13.8 Å². The Kier molecular flexibility index (Phi) is 4.23. The molecule has 0 heterocycles. The lowest BCUT2D eigenvalue weighted by atomic mass is 10.1. The van der Waals surface area contributed by atoms with Crippen LogP contribution in [0.1, 0.15) is 20.3 Å². The van der Waals surface area contributed by atoms with Gasteiger partial charge in [0.05, 0.1) is 6.10 Å². The number of hydrogen-bond acceptors (Lipinski definition) is 3. The molecule has 60 valence electrons. The van der Waals surface area contributed by atoms with Crippen molar-refractivity contribution in [2.75, 3.05) is 7.11 Å². The highest BCUT2D eigenvalue weighted by Gasteiger charge is 2.12. The molecule has 2 atom stereocenters. The van der Waals surface area contributed by atoms with Gasteiger partial charge in [0.1, 0.15) is 6.10 Å². The van der Waals surface area contributed by atoms with Crippen LogP contribution in [0.15, 0.2) is 0 Å². The summed E-state index contributed by atoms with van der Waals surface area (Å²) in [6.45, 7) is 3.25. The second kappa shape index (κ2) is 4.41. The maximum absolute atomic E-state index is 10.8. The smallest absolute Gasteiger partial charge is 0.163 e. The molecule has 1 N–H and O–H groups in total. The number of aliphatic hydroxyl groups is 1. The van der Waals surface area contributed by atoms with E-state index in [0.29, 0.717) is 0 Å². The molecule has 0 radical (unpaired) electrons. The van der Waals surface area contributed by atoms with E-state index in [2.05, 4.69) is 0 Å². The predicted octanol–water partition coefficient (Wildman–Crippen LogP) is 0.361. The summed E-state index contributed by atoms with van der Waals surface area (Å²) in [4.78, 5) is 10.8. The Balaban J connectivity index is 3.57. The molecule has 0 aliphatic carbocycles. The second-order valence-corrected chi connectivity index (χ2v) is 2.39. The van der Waals surface area contributed by atoms with Gasteiger partial charge in [-0.3, -0.25) is 4.79 Å². The average Bonchev–Trinajstić information content (AvgIpc) is 1.87. The van der Waals surface area contributed by atoms with Crippen LogP contribution in [0.5, 0.6) is 0 Å². The number of hydrogen-bond donors (Lipinski definition) is 1. The van der Waals surface area contributed by atoms with E-state index in [-0.39, 0.29) is 18.3 Å². The van der Waals surface area contributed by atoms with Crippen LogP contribution < -0.4 is 0 Å². The topological polar surface area (TPSA) is 46.5 Å². The van der Waals surface area contributed by atoms with E-state index in [1.165, 1.54) is 6.92 Å². The molecule has 0 aliphatic rings. The Morgan fingerprint density at radius 1 is 1.60 bits per heavy atom. The number of carbonyl (C=O) groups is 1. The van der Waals surface area contributed by atoms with Crippen molar-refractivity contribution < 1.29 is 14.6 Å². The van der Waals surface area contributed by atoms with Gasteiger partial charge in [-0.2, -0.15) is 0 Å². The zero-order valence-corrected chi connectivity index (χ0v) is 6.63. The normalized spacial score (nSPS) is 16.4. The molecular weight excluding hydrogens is 132 g/mol. The van der Waals surface area contributed by atoms with Crippen LogP contribution >= 0.6 is 0 Å². The van der Waals surface area contributed by atoms with Crippen LogP contribution in [0, 0.1) is 0 Å². The third-order valence-corrected chi connectivity index (χ3v) is 1.36. The van der Waals surface area contributed by atoms with Gasteiger partial charge in [-0.25, -0.2) is 0 Å². The molecule has 0 aliphatic heterocycles. The lowest BCUT2D eigenvalue weighted by Gasteiger charge is -2.08. The molecule has 0 aromatic heterocycles. The van der Waals surface area contributed by atoms with Gasteiger partial charge in [0.25, 0.3) is 0 Å². The van der Waals surface area contributed by atoms with E-state index in [0.717, 1.165) is 0 Å². The molecule has 0 saturated carbocycles. The molecule has 3 heteroatoms. The Labute approximate surface area is 61.0 Å². The summed E-state index contributed by atoms with van der Waals surface area (Å²) in [5.41, 5.74) is 0. The van der Waals surface area contributed by atoms with Crippen molar-refractivity contribution in [1.29, 1.82) is 0 Å². The van der Waals surface area contributed by atoms with Crippen LogP contribution in [0.3, 0.4) is 0 Å². The van der Waals surface area contributed by atoms with Crippen molar-refractivity contribution in [2.45, 2.75) is 32.5 Å². The minimum atomic E-state index is -0.863. The van der Waals surface area contributed by atoms with Crippen molar-refractivity contribution in [3.05, 3.63) is 0 Å². The summed E-state index contributed by atoms with van der Waals surface area (Å²) in [6.07, 6.45) is -0.673. The monoisotopic (exact) mass is 146 g/mol. The van der Waals surface area contributed by atoms with Gasteiger partial charge in [-0.1, -0.05) is 0 Å². The van der Waals surface area contributed by atoms with Gasteiger partial charge in [0.15, 0.2) is 5.78 Å². The highest BCUT2D eigenvalue weighted by Crippen LogP contribution is 1.98. The highest BCUT2D eigenvalue weighted by molar-refractivity contribution is 5.82. The largest absolute Gasteiger partial charge is 0.386 e. The summed E-state index contributed by atoms with van der Waals surface area (Å²) < 4.78 is 4.84. The van der Waals surface area contributed by atoms with Gasteiger partial charge in [-0.15, -0.1) is 0 Å². The molecule has 0 aromatic rings. The highest BCUT2D eigenvalue weighted by atomic mass is 16.5. The van der Waals surface area contributed by atoms with E-state index in [1.807, 2.05) is 0 Å². The maximum Gasteiger partial charge on any atom is 0.163 e. The zero-order chi connectivity index (χ0) is 8.15. The standard InChI is InChI=1S/C7H14O3/c1-5(10-3)4-7(9)6(2)8/h5-6,8H,4H2,1-3H3/t5-,6-/m0/s1. The second-order valence-electron chi connectivity index (χ2n) is 2.39. The fourth-order valence-electron chi connectivity index (χ4n) is 0.537. The summed E-state index contributed by atoms with van der Waals surface area (Å²) in [5.74, 6) is -0.172. The Morgan fingerprint density at radius 3 is 2.40 bits per heavy atom. The molecule has 0 unspecified atom stereocenters. The molecule has 0 saturated heterocycles. The van der Waals surface area contributed by atoms with Crippen molar-refractivity contribution in [3.63, 3.8) is 0 Å². The number of methoxy groups -OCH3 is 1.